The molecule has 0 saturated carbocycles. The van der Waals surface area contributed by atoms with E-state index in [1.165, 1.54) is 28.3 Å². The zero-order valence-corrected chi connectivity index (χ0v) is 20.4. The van der Waals surface area contributed by atoms with Crippen LogP contribution in [0.2, 0.25) is 0 Å². The Morgan fingerprint density at radius 1 is 1.21 bits per heavy atom. The van der Waals surface area contributed by atoms with E-state index >= 15 is 0 Å². The maximum atomic E-state index is 14.1. The zero-order valence-electron chi connectivity index (χ0n) is 19.6. The van der Waals surface area contributed by atoms with Gasteiger partial charge in [-0.05, 0) is 49.3 Å². The van der Waals surface area contributed by atoms with Crippen molar-refractivity contribution in [1.29, 1.82) is 0 Å². The van der Waals surface area contributed by atoms with Gasteiger partial charge in [-0.2, -0.15) is 0 Å². The third-order valence-electron chi connectivity index (χ3n) is 7.18. The summed E-state index contributed by atoms with van der Waals surface area (Å²) in [5.41, 5.74) is 1.58. The molecule has 1 fully saturated rings. The highest BCUT2D eigenvalue weighted by Gasteiger charge is 2.29. The van der Waals surface area contributed by atoms with Gasteiger partial charge in [-0.25, -0.2) is 14.4 Å². The van der Waals surface area contributed by atoms with E-state index in [-0.39, 0.29) is 11.5 Å². The second-order valence-electron chi connectivity index (χ2n) is 9.51. The fourth-order valence-electron chi connectivity index (χ4n) is 4.90. The number of halogens is 1. The second-order valence-corrected chi connectivity index (χ2v) is 10.6. The van der Waals surface area contributed by atoms with Crippen LogP contribution in [0.3, 0.4) is 0 Å². The first-order chi connectivity index (χ1) is 16.0. The predicted molar refractivity (Wildman–Crippen MR) is 132 cm³/mol. The molecule has 2 aromatic heterocycles. The smallest absolute Gasteiger partial charge is 0.256 e. The molecule has 1 saturated heterocycles. The number of fused-ring (bicyclic) bond motifs is 3. The summed E-state index contributed by atoms with van der Waals surface area (Å²) >= 11 is 1.84. The molecule has 33 heavy (non-hydrogen) atoms. The standard InChI is InChI=1S/C26H31FN4OS/c1-4-17(3)23-28-24(22-19-10-9-16(2)15-21(19)33-25(22)29-23)30-11-13-31(14-12-30)26(32)18-7-5-6-8-20(18)27/h5-8,16-17H,4,9-15H2,1-3H3. The molecule has 0 bridgehead atoms. The van der Waals surface area contributed by atoms with Gasteiger partial charge in [0, 0.05) is 37.0 Å². The number of piperazine rings is 1. The molecular formula is C26H31FN4OS. The third-order valence-corrected chi connectivity index (χ3v) is 8.33. The van der Waals surface area contributed by atoms with Crippen LogP contribution in [0.25, 0.3) is 10.2 Å². The number of nitrogens with zero attached hydrogens (tertiary/aromatic N) is 4. The minimum Gasteiger partial charge on any atom is -0.352 e. The first kappa shape index (κ1) is 22.3. The van der Waals surface area contributed by atoms with Gasteiger partial charge >= 0.3 is 0 Å². The van der Waals surface area contributed by atoms with Gasteiger partial charge in [0.2, 0.25) is 0 Å². The van der Waals surface area contributed by atoms with Crippen molar-refractivity contribution in [3.05, 3.63) is 51.9 Å². The molecule has 3 aromatic rings. The third kappa shape index (κ3) is 4.12. The predicted octanol–water partition coefficient (Wildman–Crippen LogP) is 5.43. The van der Waals surface area contributed by atoms with Crippen LogP contribution in [0.1, 0.15) is 66.2 Å². The Balaban J connectivity index is 1.46. The van der Waals surface area contributed by atoms with Gasteiger partial charge in [-0.15, -0.1) is 11.3 Å². The van der Waals surface area contributed by atoms with Crippen LogP contribution in [-0.2, 0) is 12.8 Å². The molecule has 3 heterocycles. The first-order valence-electron chi connectivity index (χ1n) is 12.1. The average molecular weight is 467 g/mol. The Morgan fingerprint density at radius 2 is 1.97 bits per heavy atom. The molecule has 5 rings (SSSR count). The lowest BCUT2D eigenvalue weighted by atomic mass is 9.89. The highest BCUT2D eigenvalue weighted by molar-refractivity contribution is 7.19. The summed E-state index contributed by atoms with van der Waals surface area (Å²) in [7, 11) is 0. The summed E-state index contributed by atoms with van der Waals surface area (Å²) in [4.78, 5) is 29.6. The summed E-state index contributed by atoms with van der Waals surface area (Å²) in [6.07, 6.45) is 4.41. The van der Waals surface area contributed by atoms with Crippen molar-refractivity contribution in [3.63, 3.8) is 0 Å². The van der Waals surface area contributed by atoms with E-state index in [0.717, 1.165) is 35.7 Å². The van der Waals surface area contributed by atoms with E-state index in [1.54, 1.807) is 23.1 Å². The van der Waals surface area contributed by atoms with E-state index in [0.29, 0.717) is 38.0 Å². The van der Waals surface area contributed by atoms with Crippen molar-refractivity contribution >= 4 is 33.3 Å². The van der Waals surface area contributed by atoms with E-state index in [2.05, 4.69) is 25.7 Å². The molecule has 2 aliphatic rings. The van der Waals surface area contributed by atoms with Gasteiger partial charge in [0.1, 0.15) is 22.3 Å². The van der Waals surface area contributed by atoms with Crippen molar-refractivity contribution in [2.45, 2.75) is 52.4 Å². The Hall–Kier alpha value is -2.54. The minimum atomic E-state index is -0.459. The summed E-state index contributed by atoms with van der Waals surface area (Å²) in [5.74, 6) is 2.26. The number of aryl methyl sites for hydroxylation is 1. The van der Waals surface area contributed by atoms with Gasteiger partial charge in [-0.3, -0.25) is 4.79 Å². The minimum absolute atomic E-state index is 0.149. The van der Waals surface area contributed by atoms with Crippen molar-refractivity contribution in [2.24, 2.45) is 5.92 Å². The summed E-state index contributed by atoms with van der Waals surface area (Å²) in [5, 5.41) is 1.22. The lowest BCUT2D eigenvalue weighted by molar-refractivity contribution is 0.0742. The highest BCUT2D eigenvalue weighted by Crippen LogP contribution is 2.42. The monoisotopic (exact) mass is 466 g/mol. The van der Waals surface area contributed by atoms with Crippen LogP contribution in [-0.4, -0.2) is 47.0 Å². The maximum Gasteiger partial charge on any atom is 0.256 e. The Bertz CT molecular complexity index is 1180. The highest BCUT2D eigenvalue weighted by atomic mass is 32.1. The number of hydrogen-bond acceptors (Lipinski definition) is 5. The van der Waals surface area contributed by atoms with Crippen LogP contribution in [0, 0.1) is 11.7 Å². The Labute approximate surface area is 198 Å². The molecule has 1 aromatic carbocycles. The molecule has 2 atom stereocenters. The fourth-order valence-corrected chi connectivity index (χ4v) is 6.28. The summed E-state index contributed by atoms with van der Waals surface area (Å²) in [6.45, 7) is 9.18. The molecule has 2 unspecified atom stereocenters. The molecule has 1 aliphatic carbocycles. The van der Waals surface area contributed by atoms with Crippen LogP contribution in [0.4, 0.5) is 10.2 Å². The average Bonchev–Trinajstić information content (AvgIpc) is 3.20. The molecule has 0 radical (unpaired) electrons. The number of thiophene rings is 1. The lowest BCUT2D eigenvalue weighted by Gasteiger charge is -2.36. The molecule has 0 N–H and O–H groups in total. The second kappa shape index (κ2) is 9.01. The molecule has 1 aliphatic heterocycles. The fraction of sp³-hybridized carbons (Fsp3) is 0.500. The van der Waals surface area contributed by atoms with E-state index in [4.69, 9.17) is 9.97 Å². The first-order valence-corrected chi connectivity index (χ1v) is 12.9. The maximum absolute atomic E-state index is 14.1. The normalized spacial score (nSPS) is 19.6. The molecule has 5 nitrogen and oxygen atoms in total. The Kier molecular flexibility index (Phi) is 6.08. The number of anilines is 1. The van der Waals surface area contributed by atoms with Crippen LogP contribution in [0.5, 0.6) is 0 Å². The largest absolute Gasteiger partial charge is 0.352 e. The van der Waals surface area contributed by atoms with Gasteiger partial charge < -0.3 is 9.80 Å². The number of carbonyl (C=O) groups is 1. The topological polar surface area (TPSA) is 49.3 Å². The quantitative estimate of drug-likeness (QED) is 0.514. The van der Waals surface area contributed by atoms with E-state index in [1.807, 2.05) is 11.3 Å². The van der Waals surface area contributed by atoms with Crippen molar-refractivity contribution in [3.8, 4) is 0 Å². The van der Waals surface area contributed by atoms with E-state index < -0.39 is 5.82 Å². The lowest BCUT2D eigenvalue weighted by Crippen LogP contribution is -2.49. The molecule has 1 amide bonds. The molecule has 0 spiro atoms. The van der Waals surface area contributed by atoms with Crippen LogP contribution in [0.15, 0.2) is 24.3 Å². The Morgan fingerprint density at radius 3 is 2.70 bits per heavy atom. The van der Waals surface area contributed by atoms with Crippen LogP contribution >= 0.6 is 11.3 Å². The van der Waals surface area contributed by atoms with E-state index in [9.17, 15) is 9.18 Å². The van der Waals surface area contributed by atoms with Gasteiger partial charge in [-0.1, -0.05) is 32.9 Å². The number of hydrogen-bond donors (Lipinski definition) is 0. The summed E-state index contributed by atoms with van der Waals surface area (Å²) in [6, 6.07) is 6.23. The SMILES string of the molecule is CCC(C)c1nc(N2CCN(C(=O)c3ccccc3F)CC2)c2c3c(sc2n1)CC(C)CC3. The van der Waals surface area contributed by atoms with Crippen molar-refractivity contribution in [2.75, 3.05) is 31.1 Å². The number of aromatic nitrogens is 2. The van der Waals surface area contributed by atoms with Gasteiger partial charge in [0.05, 0.1) is 10.9 Å². The molecular weight excluding hydrogens is 435 g/mol. The number of rotatable bonds is 4. The van der Waals surface area contributed by atoms with Gasteiger partial charge in [0.15, 0.2) is 0 Å². The van der Waals surface area contributed by atoms with Gasteiger partial charge in [0.25, 0.3) is 5.91 Å². The van der Waals surface area contributed by atoms with Crippen molar-refractivity contribution in [1.82, 2.24) is 14.9 Å². The number of carbonyl (C=O) groups excluding carboxylic acids is 1. The molecule has 7 heteroatoms. The number of amides is 1. The number of benzene rings is 1. The zero-order chi connectivity index (χ0) is 23.1. The summed E-state index contributed by atoms with van der Waals surface area (Å²) < 4.78 is 14.1. The van der Waals surface area contributed by atoms with Crippen molar-refractivity contribution < 1.29 is 9.18 Å². The molecule has 174 valence electrons. The van der Waals surface area contributed by atoms with Crippen LogP contribution < -0.4 is 4.90 Å².